The van der Waals surface area contributed by atoms with Crippen LogP contribution in [0, 0.1) is 96.4 Å². The van der Waals surface area contributed by atoms with Crippen LogP contribution in [0.2, 0.25) is 0 Å². The topological polar surface area (TPSA) is 51.6 Å². The molecule has 2 aliphatic heterocycles. The van der Waals surface area contributed by atoms with E-state index in [4.69, 9.17) is 38.8 Å². The van der Waals surface area contributed by atoms with Crippen LogP contribution >= 0.6 is 94.5 Å². The monoisotopic (exact) mass is 1890 g/mol. The molecule has 574 valence electrons. The fraction of sp³-hybridized carbons (Fsp3) is 0.382. The Kier molecular flexibility index (Phi) is 40.4. The van der Waals surface area contributed by atoms with E-state index in [-0.39, 0.29) is 7.92 Å². The molecule has 17 heteroatoms. The second-order valence-electron chi connectivity index (χ2n) is 28.4. The summed E-state index contributed by atoms with van der Waals surface area (Å²) in [5, 5.41) is 0. The molecule has 0 atom stereocenters. The summed E-state index contributed by atoms with van der Waals surface area (Å²) >= 11 is 6.52. The third kappa shape index (κ3) is 30.9. The van der Waals surface area contributed by atoms with Gasteiger partial charge in [-0.2, -0.15) is 13.3 Å². The summed E-state index contributed by atoms with van der Waals surface area (Å²) in [5.74, 6) is 0. The third-order valence-electron chi connectivity index (χ3n) is 19.5. The first-order valence-electron chi connectivity index (χ1n) is 37.3. The molecule has 5 fully saturated rings. The van der Waals surface area contributed by atoms with Gasteiger partial charge in [-0.25, -0.2) is 0 Å². The number of aromatic nitrogens is 3. The Morgan fingerprint density at radius 3 is 0.745 bits per heavy atom. The Morgan fingerprint density at radius 1 is 0.340 bits per heavy atom. The van der Waals surface area contributed by atoms with Crippen molar-refractivity contribution in [3.8, 4) is 0 Å². The molecular weight excluding hydrogens is 1780 g/mol. The molecule has 106 heavy (non-hydrogen) atoms. The number of rotatable bonds is 9. The third-order valence-corrected chi connectivity index (χ3v) is 29.2. The summed E-state index contributed by atoms with van der Waals surface area (Å²) in [6.45, 7) is 35.1. The van der Waals surface area contributed by atoms with Gasteiger partial charge < -0.3 is 19.6 Å². The van der Waals surface area contributed by atoms with E-state index in [9.17, 15) is 0 Å². The summed E-state index contributed by atoms with van der Waals surface area (Å²) in [7, 11) is 22.6. The molecular formula is C89H112Br3Cl4N7PRu2-. The number of halogens is 7. The van der Waals surface area contributed by atoms with Gasteiger partial charge in [0.25, 0.3) is 0 Å². The Balaban J connectivity index is 0.000000177. The van der Waals surface area contributed by atoms with E-state index in [1.165, 1.54) is 106 Å². The zero-order valence-electron chi connectivity index (χ0n) is 64.3. The van der Waals surface area contributed by atoms with E-state index in [2.05, 4.69) is 227 Å². The second-order valence-corrected chi connectivity index (χ2v) is 46.1. The number of pyridine rings is 3. The molecule has 5 aliphatic rings. The maximum absolute atomic E-state index is 5.67. The molecule has 0 unspecified atom stereocenters. The van der Waals surface area contributed by atoms with E-state index < -0.39 is 27.0 Å². The summed E-state index contributed by atoms with van der Waals surface area (Å²) in [6, 6.07) is 49.5. The van der Waals surface area contributed by atoms with E-state index in [1.807, 2.05) is 106 Å². The van der Waals surface area contributed by atoms with Crippen LogP contribution in [0.25, 0.3) is 0 Å². The Hall–Kier alpha value is -4.01. The number of hydrogen-bond acceptors (Lipinski definition) is 7. The average molecular weight is 1890 g/mol. The van der Waals surface area contributed by atoms with Crippen molar-refractivity contribution in [2.45, 2.75) is 196 Å². The van der Waals surface area contributed by atoms with Crippen molar-refractivity contribution in [2.75, 3.05) is 45.8 Å². The van der Waals surface area contributed by atoms with Crippen molar-refractivity contribution in [3.05, 3.63) is 287 Å². The van der Waals surface area contributed by atoms with Crippen molar-refractivity contribution in [1.82, 2.24) is 15.0 Å². The first-order valence-corrected chi connectivity index (χ1v) is 52.4. The zero-order valence-corrected chi connectivity index (χ0v) is 76.5. The molecule has 3 aromatic heterocycles. The summed E-state index contributed by atoms with van der Waals surface area (Å²) in [4.78, 5) is 21.1. The number of anilines is 4. The standard InChI is InChI=1S/2C21H27N2.C18H33P.2C7H6.3C5H4BrN.4ClH.2Ru/c2*1-14-9-16(3)20(17(4)10-14)22-7-8-23(13-22)21-18(5)11-15(2)12-19(21)6;1-4-10-16(11-5-1)19(17-12-6-2-7-13-17)18-14-8-3-9-15-18;2*1-7-5-3-2-4-6-7;3*6-5-2-1-3-7-4-5;;;;;;/h2*9-13H,7-8H2,1-6H3;16-18H,1-15H2;2*1-6H;3*1-4H;4*1H;;/q2*-1;;;;;;;;;;;2*+2/p-3. The SMILES string of the molecule is Brc1cccnc1.Brc1cccnc1.Brc1cccnc1.C1CCC([PH+](C2CCCCC2)C2CCCCC2)CC1.Cc1cc(C)c(N2[CH-]N(c3c(C)cc(C)cc3C)CC2)c(C)c1.Cc1cc(C)c(N2[CH-]N(c3c(C)cc(C)cc3C)CC2)c(C)c1.[Cl][Ru]([Cl])=[CH]c1ccccc1.[Cl][Ru]([Cl])=[CH]c1ccccc1. The van der Waals surface area contributed by atoms with Gasteiger partial charge >= 0.3 is 147 Å². The van der Waals surface area contributed by atoms with Gasteiger partial charge in [-0.05, 0) is 289 Å². The number of hydrogen-bond donors (Lipinski definition) is 0. The normalized spacial score (nSPS) is 15.3. The van der Waals surface area contributed by atoms with Crippen LogP contribution in [0.1, 0.15) is 174 Å². The van der Waals surface area contributed by atoms with Gasteiger partial charge in [0.1, 0.15) is 0 Å². The van der Waals surface area contributed by atoms with Gasteiger partial charge in [-0.1, -0.05) is 90.0 Å². The molecule has 5 heterocycles. The average Bonchev–Trinajstić information content (AvgIpc) is 1.64. The van der Waals surface area contributed by atoms with Crippen molar-refractivity contribution >= 4 is 126 Å². The van der Waals surface area contributed by atoms with Gasteiger partial charge in [-0.3, -0.25) is 15.0 Å². The first kappa shape index (κ1) is 89.2. The fourth-order valence-electron chi connectivity index (χ4n) is 15.7. The van der Waals surface area contributed by atoms with Crippen LogP contribution < -0.4 is 19.6 Å². The molecule has 0 amide bonds. The number of benzene rings is 6. The van der Waals surface area contributed by atoms with Gasteiger partial charge in [0.15, 0.2) is 0 Å². The van der Waals surface area contributed by atoms with E-state index in [0.29, 0.717) is 0 Å². The molecule has 0 bridgehead atoms. The van der Waals surface area contributed by atoms with E-state index in [1.54, 1.807) is 133 Å². The van der Waals surface area contributed by atoms with Crippen molar-refractivity contribution in [3.63, 3.8) is 0 Å². The van der Waals surface area contributed by atoms with Gasteiger partial charge in [0, 0.05) is 107 Å². The second kappa shape index (κ2) is 48.0. The van der Waals surface area contributed by atoms with Gasteiger partial charge in [0.05, 0.1) is 17.0 Å². The molecule has 7 nitrogen and oxygen atoms in total. The minimum atomic E-state index is -1.61. The summed E-state index contributed by atoms with van der Waals surface area (Å²) < 4.78 is 6.92. The van der Waals surface area contributed by atoms with Crippen LogP contribution in [0.15, 0.2) is 196 Å². The first-order chi connectivity index (χ1) is 50.9. The van der Waals surface area contributed by atoms with Crippen molar-refractivity contribution in [2.24, 2.45) is 0 Å². The molecule has 3 aliphatic carbocycles. The molecule has 6 aromatic carbocycles. The van der Waals surface area contributed by atoms with Crippen LogP contribution in [-0.2, 0) is 27.0 Å². The predicted molar refractivity (Wildman–Crippen MR) is 472 cm³/mol. The Morgan fingerprint density at radius 2 is 0.566 bits per heavy atom. The molecule has 0 radical (unpaired) electrons. The van der Waals surface area contributed by atoms with Crippen molar-refractivity contribution < 1.29 is 27.0 Å². The zero-order chi connectivity index (χ0) is 76.5. The van der Waals surface area contributed by atoms with Crippen LogP contribution in [0.3, 0.4) is 0 Å². The minimum absolute atomic E-state index is 0.0465. The molecule has 3 saturated carbocycles. The molecule has 0 N–H and O–H groups in total. The summed E-state index contributed by atoms with van der Waals surface area (Å²) in [6.07, 6.45) is 34.3. The van der Waals surface area contributed by atoms with Gasteiger partial charge in [0.2, 0.25) is 0 Å². The van der Waals surface area contributed by atoms with Crippen LogP contribution in [0.5, 0.6) is 0 Å². The van der Waals surface area contributed by atoms with Crippen LogP contribution in [-0.4, -0.2) is 67.3 Å². The van der Waals surface area contributed by atoms with Gasteiger partial charge in [-0.15, -0.1) is 0 Å². The van der Waals surface area contributed by atoms with Crippen LogP contribution in [0.4, 0.5) is 22.7 Å². The maximum atomic E-state index is 5.67. The van der Waals surface area contributed by atoms with E-state index >= 15 is 0 Å². The number of aryl methyl sites for hydroxylation is 12. The molecule has 14 rings (SSSR count). The number of nitrogens with zero attached hydrogens (tertiary/aromatic N) is 7. The van der Waals surface area contributed by atoms with E-state index in [0.717, 1.165) is 50.7 Å². The fourth-order valence-corrected chi connectivity index (χ4v) is 25.4. The molecule has 9 aromatic rings. The molecule has 0 spiro atoms. The Bertz CT molecular complexity index is 3590. The molecule has 2 saturated heterocycles. The van der Waals surface area contributed by atoms with Crippen molar-refractivity contribution in [1.29, 1.82) is 0 Å². The quantitative estimate of drug-likeness (QED) is 0.0811. The summed E-state index contributed by atoms with van der Waals surface area (Å²) in [5.41, 5.74) is 27.6. The Labute approximate surface area is 691 Å². The predicted octanol–water partition coefficient (Wildman–Crippen LogP) is 27.2.